The molecule has 0 aromatic heterocycles. The van der Waals surface area contributed by atoms with Crippen molar-refractivity contribution in [2.45, 2.75) is 26.2 Å². The van der Waals surface area contributed by atoms with E-state index in [1.807, 2.05) is 4.72 Å². The van der Waals surface area contributed by atoms with Gasteiger partial charge >= 0.3 is 16.3 Å². The van der Waals surface area contributed by atoms with Crippen molar-refractivity contribution in [2.75, 3.05) is 26.1 Å². The first-order valence-corrected chi connectivity index (χ1v) is 7.38. The molecular formula is C9H19ClN2O4S. The Bertz CT molecular complexity index is 321. The summed E-state index contributed by atoms with van der Waals surface area (Å²) in [5.74, 6) is 0.567. The van der Waals surface area contributed by atoms with Crippen LogP contribution in [0.4, 0.5) is 4.79 Å². The number of carbonyl (C=O) groups is 1. The van der Waals surface area contributed by atoms with Crippen molar-refractivity contribution in [2.24, 2.45) is 0 Å². The van der Waals surface area contributed by atoms with Gasteiger partial charge in [-0.3, -0.25) is 0 Å². The molecule has 6 nitrogen and oxygen atoms in total. The predicted molar refractivity (Wildman–Crippen MR) is 66.3 cm³/mol. The second kappa shape index (κ2) is 8.54. The van der Waals surface area contributed by atoms with E-state index >= 15 is 0 Å². The number of alkyl halides is 1. The fraction of sp³-hybridized carbons (Fsp3) is 0.889. The van der Waals surface area contributed by atoms with Crippen molar-refractivity contribution >= 4 is 27.9 Å². The molecule has 0 aliphatic heterocycles. The molecule has 0 radical (unpaired) electrons. The van der Waals surface area contributed by atoms with E-state index in [4.69, 9.17) is 11.6 Å². The highest BCUT2D eigenvalue weighted by Crippen LogP contribution is 2.02. The van der Waals surface area contributed by atoms with Crippen LogP contribution >= 0.6 is 11.6 Å². The van der Waals surface area contributed by atoms with E-state index in [0.29, 0.717) is 18.8 Å². The first-order valence-electron chi connectivity index (χ1n) is 5.40. The molecule has 0 unspecified atom stereocenters. The van der Waals surface area contributed by atoms with Crippen LogP contribution in [-0.2, 0) is 14.9 Å². The summed E-state index contributed by atoms with van der Waals surface area (Å²) in [6, 6.07) is 0. The molecule has 0 aliphatic carbocycles. The van der Waals surface area contributed by atoms with Gasteiger partial charge in [0, 0.05) is 19.5 Å². The molecule has 0 heterocycles. The molecule has 0 atom stereocenters. The lowest BCUT2D eigenvalue weighted by Crippen LogP contribution is -2.42. The summed E-state index contributed by atoms with van der Waals surface area (Å²) in [5.41, 5.74) is 0. The van der Waals surface area contributed by atoms with Crippen molar-refractivity contribution in [3.05, 3.63) is 0 Å². The van der Waals surface area contributed by atoms with Crippen molar-refractivity contribution in [1.29, 1.82) is 0 Å². The van der Waals surface area contributed by atoms with Gasteiger partial charge < -0.3 is 4.74 Å². The summed E-state index contributed by atoms with van der Waals surface area (Å²) in [6.07, 6.45) is 1.44. The van der Waals surface area contributed by atoms with E-state index in [2.05, 4.69) is 4.74 Å². The number of hydrogen-bond donors (Lipinski definition) is 1. The molecular weight excluding hydrogens is 268 g/mol. The standard InChI is InChI=1S/C9H19ClN2O4S/c1-3-16-9(13)11-17(14,15)12(2)8-6-4-5-7-10/h3-8H2,1-2H3,(H,11,13). The summed E-state index contributed by atoms with van der Waals surface area (Å²) < 4.78 is 30.5. The molecule has 0 rings (SSSR count). The van der Waals surface area contributed by atoms with Gasteiger partial charge in [-0.2, -0.15) is 12.7 Å². The second-order valence-corrected chi connectivity index (χ2v) is 5.55. The maximum absolute atomic E-state index is 11.6. The molecule has 1 N–H and O–H groups in total. The van der Waals surface area contributed by atoms with Crippen LogP contribution < -0.4 is 4.72 Å². The molecule has 0 saturated heterocycles. The Labute approximate surface area is 107 Å². The van der Waals surface area contributed by atoms with Gasteiger partial charge in [-0.05, 0) is 19.8 Å². The van der Waals surface area contributed by atoms with Gasteiger partial charge in [-0.15, -0.1) is 11.6 Å². The third-order valence-electron chi connectivity index (χ3n) is 2.00. The Balaban J connectivity index is 4.07. The van der Waals surface area contributed by atoms with E-state index in [1.165, 1.54) is 7.05 Å². The lowest BCUT2D eigenvalue weighted by molar-refractivity contribution is 0.158. The zero-order chi connectivity index (χ0) is 13.3. The predicted octanol–water partition coefficient (Wildman–Crippen LogP) is 1.32. The molecule has 0 aromatic carbocycles. The van der Waals surface area contributed by atoms with Crippen molar-refractivity contribution in [3.63, 3.8) is 0 Å². The summed E-state index contributed by atoms with van der Waals surface area (Å²) in [5, 5.41) is 0. The summed E-state index contributed by atoms with van der Waals surface area (Å²) in [7, 11) is -2.39. The van der Waals surface area contributed by atoms with Gasteiger partial charge in [0.15, 0.2) is 0 Å². The van der Waals surface area contributed by atoms with E-state index in [1.54, 1.807) is 6.92 Å². The van der Waals surface area contributed by atoms with Crippen LogP contribution in [0.1, 0.15) is 26.2 Å². The number of rotatable bonds is 8. The normalized spacial score (nSPS) is 11.5. The lowest BCUT2D eigenvalue weighted by Gasteiger charge is -2.16. The zero-order valence-corrected chi connectivity index (χ0v) is 11.7. The highest BCUT2D eigenvalue weighted by molar-refractivity contribution is 7.87. The molecule has 0 spiro atoms. The van der Waals surface area contributed by atoms with Crippen molar-refractivity contribution < 1.29 is 17.9 Å². The van der Waals surface area contributed by atoms with E-state index in [-0.39, 0.29) is 6.61 Å². The Morgan fingerprint density at radius 1 is 1.35 bits per heavy atom. The lowest BCUT2D eigenvalue weighted by atomic mass is 10.2. The number of halogens is 1. The number of amides is 1. The highest BCUT2D eigenvalue weighted by Gasteiger charge is 2.20. The van der Waals surface area contributed by atoms with Gasteiger partial charge in [0.2, 0.25) is 0 Å². The van der Waals surface area contributed by atoms with E-state index in [9.17, 15) is 13.2 Å². The number of ether oxygens (including phenoxy) is 1. The fourth-order valence-electron chi connectivity index (χ4n) is 1.07. The third-order valence-corrected chi connectivity index (χ3v) is 3.70. The van der Waals surface area contributed by atoms with Gasteiger partial charge in [0.05, 0.1) is 6.61 Å². The Kier molecular flexibility index (Phi) is 8.28. The van der Waals surface area contributed by atoms with E-state index < -0.39 is 16.3 Å². The van der Waals surface area contributed by atoms with E-state index in [0.717, 1.165) is 17.1 Å². The Hall–Kier alpha value is -0.530. The summed E-state index contributed by atoms with van der Waals surface area (Å²) in [6.45, 7) is 2.06. The largest absolute Gasteiger partial charge is 0.449 e. The van der Waals surface area contributed by atoms with Gasteiger partial charge in [0.1, 0.15) is 0 Å². The molecule has 8 heteroatoms. The molecule has 1 amide bonds. The number of nitrogens with one attached hydrogen (secondary N) is 1. The monoisotopic (exact) mass is 286 g/mol. The summed E-state index contributed by atoms with van der Waals surface area (Å²) >= 11 is 5.50. The van der Waals surface area contributed by atoms with Gasteiger partial charge in [0.25, 0.3) is 0 Å². The molecule has 17 heavy (non-hydrogen) atoms. The summed E-state index contributed by atoms with van der Waals surface area (Å²) in [4.78, 5) is 11.0. The fourth-order valence-corrected chi connectivity index (χ4v) is 2.05. The SMILES string of the molecule is CCOC(=O)NS(=O)(=O)N(C)CCCCCCl. The van der Waals surface area contributed by atoms with Crippen LogP contribution in [0.25, 0.3) is 0 Å². The zero-order valence-electron chi connectivity index (χ0n) is 10.1. The molecule has 0 saturated carbocycles. The number of carbonyl (C=O) groups excluding carboxylic acids is 1. The first kappa shape index (κ1) is 16.5. The number of hydrogen-bond acceptors (Lipinski definition) is 4. The molecule has 0 aliphatic rings. The van der Waals surface area contributed by atoms with Gasteiger partial charge in [-0.1, -0.05) is 6.42 Å². The van der Waals surface area contributed by atoms with Gasteiger partial charge in [-0.25, -0.2) is 9.52 Å². The second-order valence-electron chi connectivity index (χ2n) is 3.40. The number of unbranched alkanes of at least 4 members (excludes halogenated alkanes) is 2. The van der Waals surface area contributed by atoms with Crippen LogP contribution in [-0.4, -0.2) is 44.9 Å². The number of nitrogens with zero attached hydrogens (tertiary/aromatic N) is 1. The first-order chi connectivity index (χ1) is 7.94. The third kappa shape index (κ3) is 7.40. The van der Waals surface area contributed by atoms with Crippen LogP contribution in [0.15, 0.2) is 0 Å². The quantitative estimate of drug-likeness (QED) is 0.539. The van der Waals surface area contributed by atoms with Crippen LogP contribution in [0, 0.1) is 0 Å². The highest BCUT2D eigenvalue weighted by atomic mass is 35.5. The molecule has 0 bridgehead atoms. The maximum Gasteiger partial charge on any atom is 0.421 e. The molecule has 102 valence electrons. The van der Waals surface area contributed by atoms with Crippen molar-refractivity contribution in [3.8, 4) is 0 Å². The van der Waals surface area contributed by atoms with Crippen LogP contribution in [0.2, 0.25) is 0 Å². The maximum atomic E-state index is 11.6. The smallest absolute Gasteiger partial charge is 0.421 e. The average Bonchev–Trinajstić information content (AvgIpc) is 2.23. The Morgan fingerprint density at radius 3 is 2.53 bits per heavy atom. The minimum absolute atomic E-state index is 0.126. The minimum Gasteiger partial charge on any atom is -0.449 e. The topological polar surface area (TPSA) is 75.7 Å². The Morgan fingerprint density at radius 2 is 2.00 bits per heavy atom. The van der Waals surface area contributed by atoms with Crippen LogP contribution in [0.5, 0.6) is 0 Å². The molecule has 0 fully saturated rings. The average molecular weight is 287 g/mol. The van der Waals surface area contributed by atoms with Crippen LogP contribution in [0.3, 0.4) is 0 Å². The van der Waals surface area contributed by atoms with Crippen molar-refractivity contribution in [1.82, 2.24) is 9.03 Å². The molecule has 0 aromatic rings. The minimum atomic E-state index is -3.79.